The molecule has 1 aliphatic rings. The van der Waals surface area contributed by atoms with Gasteiger partial charge in [0.05, 0.1) is 31.4 Å². The lowest BCUT2D eigenvalue weighted by Crippen LogP contribution is -2.43. The van der Waals surface area contributed by atoms with E-state index in [1.54, 1.807) is 43.4 Å². The van der Waals surface area contributed by atoms with Crippen molar-refractivity contribution in [3.05, 3.63) is 40.1 Å². The van der Waals surface area contributed by atoms with Gasteiger partial charge in [0.15, 0.2) is 11.5 Å². The summed E-state index contributed by atoms with van der Waals surface area (Å²) in [5.41, 5.74) is 0.294. The zero-order chi connectivity index (χ0) is 19.8. The van der Waals surface area contributed by atoms with Crippen LogP contribution in [-0.2, 0) is 23.9 Å². The Hall–Kier alpha value is -2.55. The monoisotopic (exact) mass is 436 g/mol. The molecule has 3 rings (SSSR count). The molecule has 2 aromatic rings. The summed E-state index contributed by atoms with van der Waals surface area (Å²) in [5, 5.41) is 6.99. The van der Waals surface area contributed by atoms with E-state index in [2.05, 4.69) is 26.3 Å². The summed E-state index contributed by atoms with van der Waals surface area (Å²) in [5.74, 6) is 0.768. The molecule has 1 aromatic carbocycles. The molecule has 9 heteroatoms. The number of carbonyl (C=O) groups excluding carboxylic acids is 2. The van der Waals surface area contributed by atoms with Crippen molar-refractivity contribution in [3.63, 3.8) is 0 Å². The van der Waals surface area contributed by atoms with Crippen molar-refractivity contribution in [2.75, 3.05) is 14.2 Å². The van der Waals surface area contributed by atoms with Gasteiger partial charge in [0.1, 0.15) is 5.54 Å². The number of ether oxygens (including phenoxy) is 2. The molecule has 1 aromatic heterocycles. The predicted molar refractivity (Wildman–Crippen MR) is 102 cm³/mol. The lowest BCUT2D eigenvalue weighted by atomic mass is 9.89. The summed E-state index contributed by atoms with van der Waals surface area (Å²) in [6, 6.07) is 3.10. The summed E-state index contributed by atoms with van der Waals surface area (Å²) >= 11 is 3.49. The van der Waals surface area contributed by atoms with Crippen LogP contribution in [-0.4, -0.2) is 40.8 Å². The van der Waals surface area contributed by atoms with Crippen molar-refractivity contribution < 1.29 is 19.1 Å². The van der Waals surface area contributed by atoms with Gasteiger partial charge in [0.25, 0.3) is 5.91 Å². The molecular formula is C18H21BrN4O4. The fourth-order valence-corrected chi connectivity index (χ4v) is 3.89. The first-order chi connectivity index (χ1) is 12.9. The summed E-state index contributed by atoms with van der Waals surface area (Å²) in [6.07, 6.45) is 3.78. The van der Waals surface area contributed by atoms with E-state index in [1.165, 1.54) is 12.0 Å². The number of aryl methyl sites for hydroxylation is 1. The SMILES string of the molecule is CCC1(c2cnn(C)c2)NC(=O)N(Cc2ccc(OC)c(OC)c2Br)C1=O. The standard InChI is InChI=1S/C18H21BrN4O4/c1-5-18(12-8-20-22(2)10-12)16(24)23(17(25)21-18)9-11-6-7-13(26-3)15(27-4)14(11)19/h6-8,10H,5,9H2,1-4H3,(H,21,25). The fourth-order valence-electron chi connectivity index (χ4n) is 3.27. The number of carbonyl (C=O) groups is 2. The zero-order valence-electron chi connectivity index (χ0n) is 15.6. The highest BCUT2D eigenvalue weighted by Crippen LogP contribution is 2.39. The molecule has 0 aliphatic carbocycles. The molecule has 1 N–H and O–H groups in total. The second-order valence-electron chi connectivity index (χ2n) is 6.26. The number of imide groups is 1. The maximum atomic E-state index is 13.2. The van der Waals surface area contributed by atoms with Crippen LogP contribution in [0.1, 0.15) is 24.5 Å². The minimum absolute atomic E-state index is 0.105. The predicted octanol–water partition coefficient (Wildman–Crippen LogP) is 2.56. The Morgan fingerprint density at radius 3 is 2.56 bits per heavy atom. The van der Waals surface area contributed by atoms with Gasteiger partial charge in [-0.25, -0.2) is 4.79 Å². The Kier molecular flexibility index (Phi) is 5.14. The largest absolute Gasteiger partial charge is 0.493 e. The highest BCUT2D eigenvalue weighted by Gasteiger charge is 2.51. The molecule has 1 fully saturated rings. The molecule has 2 heterocycles. The number of nitrogens with one attached hydrogen (secondary N) is 1. The van der Waals surface area contributed by atoms with Gasteiger partial charge in [0, 0.05) is 18.8 Å². The molecule has 0 radical (unpaired) electrons. The molecule has 1 atom stereocenters. The normalized spacial score (nSPS) is 19.4. The number of amides is 3. The molecular weight excluding hydrogens is 416 g/mol. The van der Waals surface area contributed by atoms with Crippen molar-refractivity contribution in [2.24, 2.45) is 7.05 Å². The minimum atomic E-state index is -1.10. The topological polar surface area (TPSA) is 85.7 Å². The number of methoxy groups -OCH3 is 2. The molecule has 0 bridgehead atoms. The van der Waals surface area contributed by atoms with Gasteiger partial charge in [0.2, 0.25) is 0 Å². The number of hydrogen-bond acceptors (Lipinski definition) is 5. The third-order valence-corrected chi connectivity index (χ3v) is 5.67. The van der Waals surface area contributed by atoms with Crippen LogP contribution in [0.5, 0.6) is 11.5 Å². The Balaban J connectivity index is 1.95. The van der Waals surface area contributed by atoms with E-state index in [4.69, 9.17) is 9.47 Å². The van der Waals surface area contributed by atoms with E-state index in [0.29, 0.717) is 28.0 Å². The van der Waals surface area contributed by atoms with Gasteiger partial charge in [-0.05, 0) is 34.0 Å². The molecule has 1 saturated heterocycles. The molecule has 144 valence electrons. The van der Waals surface area contributed by atoms with Gasteiger partial charge < -0.3 is 14.8 Å². The fraction of sp³-hybridized carbons (Fsp3) is 0.389. The van der Waals surface area contributed by atoms with Crippen LogP contribution in [0.2, 0.25) is 0 Å². The molecule has 3 amide bonds. The Morgan fingerprint density at radius 1 is 1.26 bits per heavy atom. The van der Waals surface area contributed by atoms with Gasteiger partial charge in [-0.15, -0.1) is 0 Å². The second-order valence-corrected chi connectivity index (χ2v) is 7.05. The van der Waals surface area contributed by atoms with Gasteiger partial charge in [-0.3, -0.25) is 14.4 Å². The summed E-state index contributed by atoms with van der Waals surface area (Å²) in [4.78, 5) is 27.0. The maximum absolute atomic E-state index is 13.2. The molecule has 8 nitrogen and oxygen atoms in total. The van der Waals surface area contributed by atoms with Gasteiger partial charge in [-0.2, -0.15) is 5.10 Å². The van der Waals surface area contributed by atoms with Crippen molar-refractivity contribution in [1.29, 1.82) is 0 Å². The van der Waals surface area contributed by atoms with E-state index in [-0.39, 0.29) is 12.5 Å². The number of benzene rings is 1. The lowest BCUT2D eigenvalue weighted by Gasteiger charge is -2.24. The molecule has 0 spiro atoms. The van der Waals surface area contributed by atoms with Crippen LogP contribution < -0.4 is 14.8 Å². The highest BCUT2D eigenvalue weighted by molar-refractivity contribution is 9.10. The highest BCUT2D eigenvalue weighted by atomic mass is 79.9. The van der Waals surface area contributed by atoms with Gasteiger partial charge >= 0.3 is 6.03 Å². The number of aromatic nitrogens is 2. The van der Waals surface area contributed by atoms with E-state index in [9.17, 15) is 9.59 Å². The number of hydrogen-bond donors (Lipinski definition) is 1. The Morgan fingerprint density at radius 2 is 2.00 bits per heavy atom. The minimum Gasteiger partial charge on any atom is -0.493 e. The summed E-state index contributed by atoms with van der Waals surface area (Å²) in [6.45, 7) is 1.97. The van der Waals surface area contributed by atoms with Crippen molar-refractivity contribution >= 4 is 27.9 Å². The zero-order valence-corrected chi connectivity index (χ0v) is 17.2. The van der Waals surface area contributed by atoms with Gasteiger partial charge in [-0.1, -0.05) is 13.0 Å². The summed E-state index contributed by atoms with van der Waals surface area (Å²) < 4.78 is 12.9. The van der Waals surface area contributed by atoms with Crippen LogP contribution in [0, 0.1) is 0 Å². The molecule has 1 unspecified atom stereocenters. The first-order valence-electron chi connectivity index (χ1n) is 8.40. The first-order valence-corrected chi connectivity index (χ1v) is 9.19. The molecule has 27 heavy (non-hydrogen) atoms. The van der Waals surface area contributed by atoms with Crippen LogP contribution in [0.25, 0.3) is 0 Å². The average molecular weight is 437 g/mol. The first kappa shape index (κ1) is 19.2. The maximum Gasteiger partial charge on any atom is 0.325 e. The van der Waals surface area contributed by atoms with Crippen LogP contribution in [0.4, 0.5) is 4.79 Å². The molecule has 0 saturated carbocycles. The Bertz CT molecular complexity index is 897. The number of halogens is 1. The van der Waals surface area contributed by atoms with E-state index >= 15 is 0 Å². The van der Waals surface area contributed by atoms with Crippen LogP contribution in [0.15, 0.2) is 29.0 Å². The van der Waals surface area contributed by atoms with E-state index < -0.39 is 11.6 Å². The van der Waals surface area contributed by atoms with E-state index in [1.807, 2.05) is 6.92 Å². The smallest absolute Gasteiger partial charge is 0.325 e. The number of nitrogens with zero attached hydrogens (tertiary/aromatic N) is 3. The Labute approximate surface area is 165 Å². The summed E-state index contributed by atoms with van der Waals surface area (Å²) in [7, 11) is 4.85. The van der Waals surface area contributed by atoms with Crippen molar-refractivity contribution in [2.45, 2.75) is 25.4 Å². The van der Waals surface area contributed by atoms with Crippen molar-refractivity contribution in [3.8, 4) is 11.5 Å². The lowest BCUT2D eigenvalue weighted by molar-refractivity contribution is -0.132. The van der Waals surface area contributed by atoms with Crippen LogP contribution >= 0.6 is 15.9 Å². The van der Waals surface area contributed by atoms with E-state index in [0.717, 1.165) is 5.56 Å². The van der Waals surface area contributed by atoms with Crippen molar-refractivity contribution in [1.82, 2.24) is 20.0 Å². The molecule has 1 aliphatic heterocycles. The second kappa shape index (κ2) is 7.22. The number of urea groups is 1. The van der Waals surface area contributed by atoms with Crippen LogP contribution in [0.3, 0.4) is 0 Å². The third-order valence-electron chi connectivity index (χ3n) is 4.80. The average Bonchev–Trinajstić information content (AvgIpc) is 3.19. The third kappa shape index (κ3) is 3.05. The quantitative estimate of drug-likeness (QED) is 0.703. The number of rotatable bonds is 6.